The molecule has 112 valence electrons. The zero-order valence-electron chi connectivity index (χ0n) is 13.5. The van der Waals surface area contributed by atoms with Crippen molar-refractivity contribution in [3.8, 4) is 0 Å². The zero-order chi connectivity index (χ0) is 15.1. The van der Waals surface area contributed by atoms with Crippen LogP contribution in [0.3, 0.4) is 0 Å². The summed E-state index contributed by atoms with van der Waals surface area (Å²) in [5.41, 5.74) is 4.11. The number of rotatable bonds is 3. The number of halogens is 1. The minimum atomic E-state index is 0.188. The van der Waals surface area contributed by atoms with Crippen molar-refractivity contribution in [3.05, 3.63) is 28.3 Å². The summed E-state index contributed by atoms with van der Waals surface area (Å²) in [5.74, 6) is 0.575. The summed E-state index contributed by atoms with van der Waals surface area (Å²) in [6, 6.07) is 4.91. The minimum Gasteiger partial charge on any atom is -0.369 e. The molecular weight excluding hydrogens is 268 g/mol. The van der Waals surface area contributed by atoms with Gasteiger partial charge in [0.05, 0.1) is 0 Å². The molecule has 2 nitrogen and oxygen atoms in total. The number of benzene rings is 1. The smallest absolute Gasteiger partial charge is 0.0471 e. The van der Waals surface area contributed by atoms with E-state index in [1.54, 1.807) is 0 Å². The van der Waals surface area contributed by atoms with Gasteiger partial charge in [0.2, 0.25) is 0 Å². The van der Waals surface area contributed by atoms with E-state index in [1.165, 1.54) is 23.2 Å². The Kier molecular flexibility index (Phi) is 4.36. The topological polar surface area (TPSA) is 15.3 Å². The van der Waals surface area contributed by atoms with Gasteiger partial charge in [-0.25, -0.2) is 0 Å². The van der Waals surface area contributed by atoms with Gasteiger partial charge in [-0.1, -0.05) is 38.4 Å². The van der Waals surface area contributed by atoms with E-state index in [0.29, 0.717) is 12.0 Å². The van der Waals surface area contributed by atoms with E-state index in [2.05, 4.69) is 64.0 Å². The number of fused-ring (bicyclic) bond motifs is 1. The second-order valence-corrected chi connectivity index (χ2v) is 7.42. The molecular formula is C17H27ClN2. The van der Waals surface area contributed by atoms with Gasteiger partial charge >= 0.3 is 0 Å². The Labute approximate surface area is 128 Å². The van der Waals surface area contributed by atoms with Gasteiger partial charge in [0.1, 0.15) is 0 Å². The third-order valence-electron chi connectivity index (χ3n) is 4.50. The van der Waals surface area contributed by atoms with Crippen LogP contribution in [0.4, 0.5) is 5.69 Å². The largest absolute Gasteiger partial charge is 0.369 e. The van der Waals surface area contributed by atoms with Crippen LogP contribution >= 0.6 is 11.6 Å². The van der Waals surface area contributed by atoms with Gasteiger partial charge in [-0.05, 0) is 43.4 Å². The van der Waals surface area contributed by atoms with Crippen LogP contribution in [0.15, 0.2) is 12.1 Å². The van der Waals surface area contributed by atoms with Crippen LogP contribution in [0.5, 0.6) is 0 Å². The summed E-state index contributed by atoms with van der Waals surface area (Å²) in [4.78, 5) is 2.37. The van der Waals surface area contributed by atoms with Crippen LogP contribution in [0.1, 0.15) is 58.1 Å². The number of nitrogens with zero attached hydrogens (tertiary/aromatic N) is 1. The Morgan fingerprint density at radius 2 is 2.05 bits per heavy atom. The van der Waals surface area contributed by atoms with Crippen molar-refractivity contribution in [2.75, 3.05) is 11.9 Å². The molecule has 1 atom stereocenters. The number of anilines is 1. The number of hydrogen-bond acceptors (Lipinski definition) is 2. The third kappa shape index (κ3) is 2.96. The molecule has 1 aromatic rings. The summed E-state index contributed by atoms with van der Waals surface area (Å²) in [6.45, 7) is 12.1. The van der Waals surface area contributed by atoms with Gasteiger partial charge in [0.25, 0.3) is 0 Å². The molecule has 1 heterocycles. The van der Waals surface area contributed by atoms with Crippen LogP contribution in [0, 0.1) is 0 Å². The average Bonchev–Trinajstić information content (AvgIpc) is 2.33. The molecule has 0 bridgehead atoms. The van der Waals surface area contributed by atoms with Crippen molar-refractivity contribution in [1.82, 2.24) is 5.32 Å². The summed E-state index contributed by atoms with van der Waals surface area (Å²) in [5, 5.41) is 4.32. The van der Waals surface area contributed by atoms with E-state index in [0.717, 1.165) is 11.6 Å². The first-order valence-corrected chi connectivity index (χ1v) is 7.89. The molecule has 0 saturated carbocycles. The molecule has 1 aliphatic rings. The maximum Gasteiger partial charge on any atom is 0.0471 e. The van der Waals surface area contributed by atoms with E-state index < -0.39 is 0 Å². The fraction of sp³-hybridized carbons (Fsp3) is 0.647. The van der Waals surface area contributed by atoms with Gasteiger partial charge < -0.3 is 10.2 Å². The monoisotopic (exact) mass is 294 g/mol. The van der Waals surface area contributed by atoms with Crippen LogP contribution in [0.2, 0.25) is 5.02 Å². The standard InChI is InChI=1S/C17H27ClN2/c1-11(2)19-10-13-7-14-12(3)9-17(4,5)20(6)16(14)8-15(13)18/h7-8,11-12,19H,9-10H2,1-6H3/t12-/m0/s1. The predicted octanol–water partition coefficient (Wildman–Crippen LogP) is 4.56. The van der Waals surface area contributed by atoms with Crippen molar-refractivity contribution in [3.63, 3.8) is 0 Å². The maximum atomic E-state index is 6.48. The number of nitrogens with one attached hydrogen (secondary N) is 1. The lowest BCUT2D eigenvalue weighted by molar-refractivity contribution is 0.395. The van der Waals surface area contributed by atoms with E-state index in [1.807, 2.05) is 0 Å². The quantitative estimate of drug-likeness (QED) is 0.879. The molecule has 0 aromatic heterocycles. The molecule has 0 saturated heterocycles. The van der Waals surface area contributed by atoms with Crippen LogP contribution in [-0.2, 0) is 6.54 Å². The zero-order valence-corrected chi connectivity index (χ0v) is 14.3. The Morgan fingerprint density at radius 3 is 2.65 bits per heavy atom. The molecule has 1 aromatic carbocycles. The second-order valence-electron chi connectivity index (χ2n) is 7.01. The van der Waals surface area contributed by atoms with Crippen molar-refractivity contribution in [2.24, 2.45) is 0 Å². The first-order valence-electron chi connectivity index (χ1n) is 7.52. The third-order valence-corrected chi connectivity index (χ3v) is 4.85. The van der Waals surface area contributed by atoms with Gasteiger partial charge in [-0.3, -0.25) is 0 Å². The van der Waals surface area contributed by atoms with E-state index >= 15 is 0 Å². The SMILES string of the molecule is CC(C)NCc1cc2c(cc1Cl)N(C)C(C)(C)C[C@@H]2C. The van der Waals surface area contributed by atoms with Crippen LogP contribution in [-0.4, -0.2) is 18.6 Å². The highest BCUT2D eigenvalue weighted by molar-refractivity contribution is 6.31. The molecule has 0 unspecified atom stereocenters. The maximum absolute atomic E-state index is 6.48. The Balaban J connectivity index is 2.38. The molecule has 20 heavy (non-hydrogen) atoms. The highest BCUT2D eigenvalue weighted by atomic mass is 35.5. The first-order chi connectivity index (χ1) is 9.22. The Morgan fingerprint density at radius 1 is 1.40 bits per heavy atom. The van der Waals surface area contributed by atoms with Gasteiger partial charge in [-0.2, -0.15) is 0 Å². The Bertz CT molecular complexity index is 494. The highest BCUT2D eigenvalue weighted by Crippen LogP contribution is 2.44. The van der Waals surface area contributed by atoms with Crippen LogP contribution < -0.4 is 10.2 Å². The summed E-state index contributed by atoms with van der Waals surface area (Å²) >= 11 is 6.48. The average molecular weight is 295 g/mol. The van der Waals surface area contributed by atoms with Crippen LogP contribution in [0.25, 0.3) is 0 Å². The summed E-state index contributed by atoms with van der Waals surface area (Å²) in [7, 11) is 2.17. The van der Waals surface area contributed by atoms with Crippen molar-refractivity contribution < 1.29 is 0 Å². The van der Waals surface area contributed by atoms with E-state index in [4.69, 9.17) is 11.6 Å². The predicted molar refractivity (Wildman–Crippen MR) is 88.9 cm³/mol. The summed E-state index contributed by atoms with van der Waals surface area (Å²) in [6.07, 6.45) is 1.18. The minimum absolute atomic E-state index is 0.188. The van der Waals surface area contributed by atoms with Crippen molar-refractivity contribution >= 4 is 17.3 Å². The first kappa shape index (κ1) is 15.7. The molecule has 0 radical (unpaired) electrons. The lowest BCUT2D eigenvalue weighted by atomic mass is 9.80. The van der Waals surface area contributed by atoms with E-state index in [-0.39, 0.29) is 5.54 Å². The van der Waals surface area contributed by atoms with E-state index in [9.17, 15) is 0 Å². The second kappa shape index (κ2) is 5.57. The molecule has 0 amide bonds. The fourth-order valence-corrected chi connectivity index (χ4v) is 3.31. The fourth-order valence-electron chi connectivity index (χ4n) is 3.08. The molecule has 3 heteroatoms. The Hall–Kier alpha value is -0.730. The lowest BCUT2D eigenvalue weighted by Gasteiger charge is -2.45. The van der Waals surface area contributed by atoms with Gasteiger partial charge in [0, 0.05) is 35.9 Å². The molecule has 1 N–H and O–H groups in total. The van der Waals surface area contributed by atoms with Crippen molar-refractivity contribution in [1.29, 1.82) is 0 Å². The molecule has 2 rings (SSSR count). The van der Waals surface area contributed by atoms with Gasteiger partial charge in [0.15, 0.2) is 0 Å². The molecule has 0 fully saturated rings. The molecule has 0 spiro atoms. The molecule has 0 aliphatic carbocycles. The normalized spacial score (nSPS) is 21.2. The van der Waals surface area contributed by atoms with Crippen molar-refractivity contribution in [2.45, 2.75) is 65.1 Å². The molecule has 1 aliphatic heterocycles. The summed E-state index contributed by atoms with van der Waals surface area (Å²) < 4.78 is 0. The highest BCUT2D eigenvalue weighted by Gasteiger charge is 2.34. The van der Waals surface area contributed by atoms with Gasteiger partial charge in [-0.15, -0.1) is 0 Å². The lowest BCUT2D eigenvalue weighted by Crippen LogP contribution is -2.45. The number of hydrogen-bond donors (Lipinski definition) is 1.